The first-order valence-electron chi connectivity index (χ1n) is 6.76. The number of rotatable bonds is 1. The summed E-state index contributed by atoms with van der Waals surface area (Å²) >= 11 is 9.53. The number of aromatic nitrogens is 2. The van der Waals surface area contributed by atoms with E-state index in [2.05, 4.69) is 20.9 Å². The molecule has 104 valence electrons. The van der Waals surface area contributed by atoms with Gasteiger partial charge in [-0.1, -0.05) is 18.0 Å². The van der Waals surface area contributed by atoms with Gasteiger partial charge in [0.15, 0.2) is 5.82 Å². The van der Waals surface area contributed by atoms with Crippen molar-refractivity contribution >= 4 is 33.3 Å². The molecule has 0 amide bonds. The van der Waals surface area contributed by atoms with Crippen LogP contribution in [0.25, 0.3) is 11.4 Å². The van der Waals surface area contributed by atoms with Gasteiger partial charge >= 0.3 is 0 Å². The molecule has 2 N–H and O–H groups in total. The Morgan fingerprint density at radius 2 is 1.90 bits per heavy atom. The van der Waals surface area contributed by atoms with Crippen molar-refractivity contribution in [2.24, 2.45) is 0 Å². The van der Waals surface area contributed by atoms with Crippen LogP contribution in [0.4, 0.5) is 5.82 Å². The summed E-state index contributed by atoms with van der Waals surface area (Å²) in [6.45, 7) is 0. The van der Waals surface area contributed by atoms with Gasteiger partial charge in [0.25, 0.3) is 0 Å². The fourth-order valence-corrected chi connectivity index (χ4v) is 2.99. The molecule has 0 saturated carbocycles. The molecule has 0 fully saturated rings. The highest BCUT2D eigenvalue weighted by atomic mass is 79.9. The lowest BCUT2D eigenvalue weighted by Gasteiger charge is -2.11. The highest BCUT2D eigenvalue weighted by Gasteiger charge is 2.16. The standard InChI is InChI=1S/C15H15BrClN3/c16-11-7-6-9(8-12(11)17)15-19-13-5-3-1-2-4-10(13)14(18)20-15/h6-8H,1-5H2,(H2,18,19,20). The average molecular weight is 353 g/mol. The van der Waals surface area contributed by atoms with E-state index in [1.807, 2.05) is 18.2 Å². The number of fused-ring (bicyclic) bond motifs is 1. The van der Waals surface area contributed by atoms with Crippen LogP contribution in [0, 0.1) is 0 Å². The summed E-state index contributed by atoms with van der Waals surface area (Å²) in [5, 5.41) is 0.652. The largest absolute Gasteiger partial charge is 0.383 e. The zero-order valence-electron chi connectivity index (χ0n) is 11.0. The first-order valence-corrected chi connectivity index (χ1v) is 7.93. The van der Waals surface area contributed by atoms with Crippen LogP contribution in [0.2, 0.25) is 5.02 Å². The van der Waals surface area contributed by atoms with Crippen LogP contribution in [0.5, 0.6) is 0 Å². The van der Waals surface area contributed by atoms with E-state index in [-0.39, 0.29) is 0 Å². The molecular weight excluding hydrogens is 338 g/mol. The van der Waals surface area contributed by atoms with E-state index in [4.69, 9.17) is 22.3 Å². The number of hydrogen-bond donors (Lipinski definition) is 1. The second-order valence-electron chi connectivity index (χ2n) is 5.05. The molecule has 1 aromatic heterocycles. The monoisotopic (exact) mass is 351 g/mol. The van der Waals surface area contributed by atoms with Crippen LogP contribution in [-0.2, 0) is 12.8 Å². The molecule has 3 rings (SSSR count). The van der Waals surface area contributed by atoms with E-state index in [1.54, 1.807) is 0 Å². The van der Waals surface area contributed by atoms with E-state index < -0.39 is 0 Å². The zero-order chi connectivity index (χ0) is 14.1. The summed E-state index contributed by atoms with van der Waals surface area (Å²) in [5.74, 6) is 1.28. The summed E-state index contributed by atoms with van der Waals surface area (Å²) in [5.41, 5.74) is 9.26. The third-order valence-corrected chi connectivity index (χ3v) is 4.88. The molecule has 0 atom stereocenters. The van der Waals surface area contributed by atoms with Gasteiger partial charge in [-0.15, -0.1) is 0 Å². The van der Waals surface area contributed by atoms with Gasteiger partial charge in [-0.2, -0.15) is 0 Å². The number of benzene rings is 1. The molecule has 1 aliphatic carbocycles. The Bertz CT molecular complexity index is 658. The fraction of sp³-hybridized carbons (Fsp3) is 0.333. The second kappa shape index (κ2) is 5.70. The van der Waals surface area contributed by atoms with Crippen molar-refractivity contribution in [3.63, 3.8) is 0 Å². The molecule has 2 aromatic rings. The van der Waals surface area contributed by atoms with E-state index >= 15 is 0 Å². The lowest BCUT2D eigenvalue weighted by molar-refractivity contribution is 0.709. The summed E-state index contributed by atoms with van der Waals surface area (Å²) in [4.78, 5) is 9.17. The number of halogens is 2. The molecule has 0 bridgehead atoms. The van der Waals surface area contributed by atoms with E-state index in [0.717, 1.165) is 34.1 Å². The van der Waals surface area contributed by atoms with Crippen LogP contribution in [-0.4, -0.2) is 9.97 Å². The summed E-state index contributed by atoms with van der Waals surface area (Å²) in [6, 6.07) is 5.72. The van der Waals surface area contributed by atoms with E-state index in [1.165, 1.54) is 19.3 Å². The topological polar surface area (TPSA) is 51.8 Å². The second-order valence-corrected chi connectivity index (χ2v) is 6.31. The quantitative estimate of drug-likeness (QED) is 0.773. The fourth-order valence-electron chi connectivity index (χ4n) is 2.56. The molecule has 1 aromatic carbocycles. The van der Waals surface area contributed by atoms with Crippen LogP contribution in [0.15, 0.2) is 22.7 Å². The van der Waals surface area contributed by atoms with Crippen LogP contribution in [0.1, 0.15) is 30.5 Å². The number of nitrogens with two attached hydrogens (primary N) is 1. The molecule has 0 radical (unpaired) electrons. The molecular formula is C15H15BrClN3. The van der Waals surface area contributed by atoms with Crippen LogP contribution >= 0.6 is 27.5 Å². The number of nitrogen functional groups attached to an aromatic ring is 1. The molecule has 1 aliphatic rings. The lowest BCUT2D eigenvalue weighted by atomic mass is 10.1. The van der Waals surface area contributed by atoms with E-state index in [9.17, 15) is 0 Å². The predicted octanol–water partition coefficient (Wildman–Crippen LogP) is 4.41. The zero-order valence-corrected chi connectivity index (χ0v) is 13.3. The number of aryl methyl sites for hydroxylation is 1. The van der Waals surface area contributed by atoms with E-state index in [0.29, 0.717) is 16.7 Å². The van der Waals surface area contributed by atoms with Gasteiger partial charge in [-0.05, 0) is 59.8 Å². The summed E-state index contributed by atoms with van der Waals surface area (Å²) < 4.78 is 0.866. The first kappa shape index (κ1) is 13.8. The number of nitrogens with zero attached hydrogens (tertiary/aromatic N) is 2. The van der Waals surface area contributed by atoms with Gasteiger partial charge in [0.1, 0.15) is 5.82 Å². The normalized spacial score (nSPS) is 14.7. The Labute approximate surface area is 131 Å². The molecule has 5 heteroatoms. The maximum atomic E-state index is 6.14. The Morgan fingerprint density at radius 1 is 1.10 bits per heavy atom. The Hall–Kier alpha value is -1.13. The smallest absolute Gasteiger partial charge is 0.161 e. The highest BCUT2D eigenvalue weighted by molar-refractivity contribution is 9.10. The van der Waals surface area contributed by atoms with Gasteiger partial charge in [-0.3, -0.25) is 0 Å². The summed E-state index contributed by atoms with van der Waals surface area (Å²) in [6.07, 6.45) is 5.55. The maximum absolute atomic E-state index is 6.14. The Kier molecular flexibility index (Phi) is 3.94. The van der Waals surface area contributed by atoms with Gasteiger partial charge in [-0.25, -0.2) is 9.97 Å². The van der Waals surface area contributed by atoms with Crippen LogP contribution in [0.3, 0.4) is 0 Å². The number of anilines is 1. The van der Waals surface area contributed by atoms with Crippen molar-refractivity contribution in [3.8, 4) is 11.4 Å². The number of hydrogen-bond acceptors (Lipinski definition) is 3. The van der Waals surface area contributed by atoms with Crippen molar-refractivity contribution in [2.45, 2.75) is 32.1 Å². The third-order valence-electron chi connectivity index (χ3n) is 3.64. The average Bonchev–Trinajstić information content (AvgIpc) is 2.67. The molecule has 20 heavy (non-hydrogen) atoms. The van der Waals surface area contributed by atoms with Crippen molar-refractivity contribution in [1.29, 1.82) is 0 Å². The molecule has 0 saturated heterocycles. The van der Waals surface area contributed by atoms with Crippen molar-refractivity contribution in [3.05, 3.63) is 39.0 Å². The van der Waals surface area contributed by atoms with Gasteiger partial charge in [0.2, 0.25) is 0 Å². The van der Waals surface area contributed by atoms with Gasteiger partial charge in [0.05, 0.1) is 5.02 Å². The molecule has 3 nitrogen and oxygen atoms in total. The SMILES string of the molecule is Nc1nc(-c2ccc(Br)c(Cl)c2)nc2c1CCCCC2. The Balaban J connectivity index is 2.08. The van der Waals surface area contributed by atoms with Gasteiger partial charge < -0.3 is 5.73 Å². The molecule has 0 spiro atoms. The molecule has 0 unspecified atom stereocenters. The molecule has 1 heterocycles. The lowest BCUT2D eigenvalue weighted by Crippen LogP contribution is -2.06. The minimum atomic E-state index is 0.617. The first-order chi connectivity index (χ1) is 9.65. The minimum absolute atomic E-state index is 0.617. The summed E-state index contributed by atoms with van der Waals surface area (Å²) in [7, 11) is 0. The highest BCUT2D eigenvalue weighted by Crippen LogP contribution is 2.30. The minimum Gasteiger partial charge on any atom is -0.383 e. The van der Waals surface area contributed by atoms with Crippen molar-refractivity contribution in [1.82, 2.24) is 9.97 Å². The maximum Gasteiger partial charge on any atom is 0.161 e. The van der Waals surface area contributed by atoms with Crippen molar-refractivity contribution in [2.75, 3.05) is 5.73 Å². The van der Waals surface area contributed by atoms with Crippen LogP contribution < -0.4 is 5.73 Å². The Morgan fingerprint density at radius 3 is 2.70 bits per heavy atom. The predicted molar refractivity (Wildman–Crippen MR) is 85.8 cm³/mol. The third kappa shape index (κ3) is 2.67. The molecule has 0 aliphatic heterocycles. The van der Waals surface area contributed by atoms with Gasteiger partial charge in [0, 0.05) is 21.3 Å². The van der Waals surface area contributed by atoms with Crippen molar-refractivity contribution < 1.29 is 0 Å².